The van der Waals surface area contributed by atoms with Gasteiger partial charge in [0.1, 0.15) is 5.50 Å². The van der Waals surface area contributed by atoms with Gasteiger partial charge in [0.2, 0.25) is 0 Å². The zero-order chi connectivity index (χ0) is 22.9. The molecule has 1 nitrogen and oxygen atoms in total. The fourth-order valence-corrected chi connectivity index (χ4v) is 6.13. The first-order chi connectivity index (χ1) is 15.3. The Hall–Kier alpha value is -2.63. The molecule has 1 unspecified atom stereocenters. The Kier molecular flexibility index (Phi) is 6.40. The Morgan fingerprint density at radius 2 is 1.12 bits per heavy atom. The van der Waals surface area contributed by atoms with E-state index < -0.39 is 0 Å². The van der Waals surface area contributed by atoms with Crippen LogP contribution >= 0.6 is 8.58 Å². The van der Waals surface area contributed by atoms with E-state index in [-0.39, 0.29) is 5.16 Å². The van der Waals surface area contributed by atoms with Gasteiger partial charge in [-0.3, -0.25) is 0 Å². The third-order valence-corrected chi connectivity index (χ3v) is 7.66. The molecule has 0 aliphatic rings. The SMILES string of the molecule is Cc1cccc(C)c1-c1cccc(-c2c(C)cccc2C)c1CC(C)(C)Pc1ccco1. The second-order valence-electron chi connectivity index (χ2n) is 9.53. The van der Waals surface area contributed by atoms with E-state index in [2.05, 4.69) is 102 Å². The third kappa shape index (κ3) is 4.59. The summed E-state index contributed by atoms with van der Waals surface area (Å²) in [6.07, 6.45) is 2.77. The van der Waals surface area contributed by atoms with Gasteiger partial charge in [0.05, 0.1) is 6.26 Å². The van der Waals surface area contributed by atoms with E-state index in [1.807, 2.05) is 6.07 Å². The van der Waals surface area contributed by atoms with Crippen molar-refractivity contribution in [1.82, 2.24) is 0 Å². The van der Waals surface area contributed by atoms with Crippen molar-refractivity contribution in [2.24, 2.45) is 0 Å². The van der Waals surface area contributed by atoms with E-state index >= 15 is 0 Å². The lowest BCUT2D eigenvalue weighted by atomic mass is 9.82. The quantitative estimate of drug-likeness (QED) is 0.276. The van der Waals surface area contributed by atoms with Crippen LogP contribution in [0.4, 0.5) is 0 Å². The summed E-state index contributed by atoms with van der Waals surface area (Å²) in [4.78, 5) is 0. The van der Waals surface area contributed by atoms with Crippen molar-refractivity contribution < 1.29 is 4.42 Å². The predicted molar refractivity (Wildman–Crippen MR) is 141 cm³/mol. The van der Waals surface area contributed by atoms with Crippen LogP contribution in [0.15, 0.2) is 77.4 Å². The molecule has 1 aromatic heterocycles. The molecule has 0 fully saturated rings. The van der Waals surface area contributed by atoms with Crippen LogP contribution in [0.5, 0.6) is 0 Å². The Labute approximate surface area is 194 Å². The van der Waals surface area contributed by atoms with E-state index in [4.69, 9.17) is 4.42 Å². The van der Waals surface area contributed by atoms with E-state index in [1.165, 1.54) is 50.1 Å². The van der Waals surface area contributed by atoms with Crippen LogP contribution in [-0.4, -0.2) is 5.16 Å². The van der Waals surface area contributed by atoms with E-state index in [0.29, 0.717) is 8.58 Å². The number of hydrogen-bond acceptors (Lipinski definition) is 1. The molecule has 0 N–H and O–H groups in total. The van der Waals surface area contributed by atoms with Gasteiger partial charge in [-0.2, -0.15) is 0 Å². The summed E-state index contributed by atoms with van der Waals surface area (Å²) in [5.41, 5.74) is 13.3. The van der Waals surface area contributed by atoms with Gasteiger partial charge in [-0.05, 0) is 110 Å². The van der Waals surface area contributed by atoms with E-state index in [0.717, 1.165) is 11.9 Å². The van der Waals surface area contributed by atoms with Crippen LogP contribution in [0.2, 0.25) is 0 Å². The van der Waals surface area contributed by atoms with E-state index in [1.54, 1.807) is 6.26 Å². The van der Waals surface area contributed by atoms with Gasteiger partial charge in [0, 0.05) is 0 Å². The molecular weight excluding hydrogens is 407 g/mol. The molecule has 164 valence electrons. The Morgan fingerprint density at radius 3 is 1.56 bits per heavy atom. The molecule has 0 saturated carbocycles. The minimum absolute atomic E-state index is 0.0793. The lowest BCUT2D eigenvalue weighted by Gasteiger charge is -2.28. The summed E-state index contributed by atoms with van der Waals surface area (Å²) in [6.45, 7) is 13.6. The summed E-state index contributed by atoms with van der Waals surface area (Å²) in [5, 5.41) is 0.0793. The minimum Gasteiger partial charge on any atom is -0.465 e. The van der Waals surface area contributed by atoms with Crippen molar-refractivity contribution in [2.75, 3.05) is 0 Å². The average molecular weight is 441 g/mol. The van der Waals surface area contributed by atoms with Crippen molar-refractivity contribution in [3.63, 3.8) is 0 Å². The van der Waals surface area contributed by atoms with Crippen LogP contribution in [0.25, 0.3) is 22.3 Å². The van der Waals surface area contributed by atoms with Crippen molar-refractivity contribution in [1.29, 1.82) is 0 Å². The third-order valence-electron chi connectivity index (χ3n) is 6.28. The van der Waals surface area contributed by atoms with Gasteiger partial charge in [0.15, 0.2) is 0 Å². The van der Waals surface area contributed by atoms with Crippen LogP contribution in [0.3, 0.4) is 0 Å². The molecule has 0 saturated heterocycles. The largest absolute Gasteiger partial charge is 0.465 e. The second kappa shape index (κ2) is 9.08. The van der Waals surface area contributed by atoms with Crippen molar-refractivity contribution in [3.8, 4) is 22.3 Å². The van der Waals surface area contributed by atoms with Gasteiger partial charge >= 0.3 is 0 Å². The molecule has 1 heterocycles. The highest BCUT2D eigenvalue weighted by Crippen LogP contribution is 2.43. The van der Waals surface area contributed by atoms with Crippen molar-refractivity contribution >= 4 is 14.1 Å². The molecule has 32 heavy (non-hydrogen) atoms. The topological polar surface area (TPSA) is 13.1 Å². The van der Waals surface area contributed by atoms with Crippen molar-refractivity contribution in [3.05, 3.63) is 101 Å². The lowest BCUT2D eigenvalue weighted by Crippen LogP contribution is -2.21. The zero-order valence-corrected chi connectivity index (χ0v) is 21.0. The first kappa shape index (κ1) is 22.6. The molecule has 0 spiro atoms. The van der Waals surface area contributed by atoms with Gasteiger partial charge in [-0.25, -0.2) is 0 Å². The number of furan rings is 1. The molecule has 1 atom stereocenters. The normalized spacial score (nSPS) is 12.1. The number of rotatable bonds is 6. The summed E-state index contributed by atoms with van der Waals surface area (Å²) in [7, 11) is 0.612. The van der Waals surface area contributed by atoms with Crippen LogP contribution in [0.1, 0.15) is 41.7 Å². The molecule has 0 aliphatic carbocycles. The standard InChI is InChI=1S/C30H33OP/c1-20-11-7-12-21(2)28(20)24-15-9-16-25(29-22(3)13-8-14-23(29)4)26(24)19-30(5,6)32-27-17-10-18-31-27/h7-18,32H,19H2,1-6H3. The lowest BCUT2D eigenvalue weighted by molar-refractivity contribution is 0.598. The molecule has 4 rings (SSSR count). The molecule has 3 aromatic carbocycles. The van der Waals surface area contributed by atoms with Gasteiger partial charge in [0.25, 0.3) is 0 Å². The van der Waals surface area contributed by atoms with Crippen LogP contribution < -0.4 is 5.50 Å². The van der Waals surface area contributed by atoms with Gasteiger partial charge < -0.3 is 4.42 Å². The highest BCUT2D eigenvalue weighted by atomic mass is 31.1. The molecular formula is C30H33OP. The summed E-state index contributed by atoms with van der Waals surface area (Å²) in [6, 6.07) is 24.2. The fraction of sp³-hybridized carbons (Fsp3) is 0.267. The fourth-order valence-electron chi connectivity index (χ4n) is 4.89. The molecule has 0 aliphatic heterocycles. The summed E-state index contributed by atoms with van der Waals surface area (Å²) >= 11 is 0. The number of benzene rings is 3. The molecule has 0 radical (unpaired) electrons. The van der Waals surface area contributed by atoms with Crippen molar-refractivity contribution in [2.45, 2.75) is 53.1 Å². The highest BCUT2D eigenvalue weighted by Gasteiger charge is 2.26. The first-order valence-electron chi connectivity index (χ1n) is 11.3. The second-order valence-corrected chi connectivity index (χ2v) is 11.6. The highest BCUT2D eigenvalue weighted by molar-refractivity contribution is 7.48. The first-order valence-corrected chi connectivity index (χ1v) is 12.3. The average Bonchev–Trinajstić information content (AvgIpc) is 3.21. The maximum absolute atomic E-state index is 5.73. The zero-order valence-electron chi connectivity index (χ0n) is 20.0. The molecule has 4 aromatic rings. The molecule has 0 bridgehead atoms. The summed E-state index contributed by atoms with van der Waals surface area (Å²) < 4.78 is 5.73. The Balaban J connectivity index is 1.94. The smallest absolute Gasteiger partial charge is 0.122 e. The molecule has 0 amide bonds. The Bertz CT molecular complexity index is 1120. The van der Waals surface area contributed by atoms with Crippen LogP contribution in [0, 0.1) is 27.7 Å². The maximum atomic E-state index is 5.73. The van der Waals surface area contributed by atoms with Gasteiger partial charge in [-0.15, -0.1) is 0 Å². The monoisotopic (exact) mass is 440 g/mol. The Morgan fingerprint density at radius 1 is 0.656 bits per heavy atom. The van der Waals surface area contributed by atoms with E-state index in [9.17, 15) is 0 Å². The minimum atomic E-state index is 0.0793. The maximum Gasteiger partial charge on any atom is 0.122 e. The number of hydrogen-bond donors (Lipinski definition) is 0. The predicted octanol–water partition coefficient (Wildman–Crippen LogP) is 8.17. The van der Waals surface area contributed by atoms with Gasteiger partial charge in [-0.1, -0.05) is 68.4 Å². The number of aryl methyl sites for hydroxylation is 4. The van der Waals surface area contributed by atoms with Crippen LogP contribution in [-0.2, 0) is 6.42 Å². The summed E-state index contributed by atoms with van der Waals surface area (Å²) in [5.74, 6) is 0. The molecule has 2 heteroatoms.